The molecular weight excluding hydrogens is 252 g/mol. The number of carboxylic acids is 2. The Labute approximate surface area is 101 Å². The van der Waals surface area contributed by atoms with Crippen molar-refractivity contribution in [1.29, 1.82) is 0 Å². The SMILES string of the molecule is O=C(O)CCSc1ccc(Cl)c(C(=O)O)c1. The van der Waals surface area contributed by atoms with Gasteiger partial charge in [0.15, 0.2) is 0 Å². The maximum Gasteiger partial charge on any atom is 0.337 e. The molecule has 86 valence electrons. The topological polar surface area (TPSA) is 74.6 Å². The predicted octanol–water partition coefficient (Wildman–Crippen LogP) is 2.61. The zero-order valence-electron chi connectivity index (χ0n) is 8.14. The van der Waals surface area contributed by atoms with Gasteiger partial charge in [0.2, 0.25) is 0 Å². The summed E-state index contributed by atoms with van der Waals surface area (Å²) in [6.07, 6.45) is 0.0374. The number of benzene rings is 1. The van der Waals surface area contributed by atoms with Gasteiger partial charge in [0, 0.05) is 10.6 Å². The lowest BCUT2D eigenvalue weighted by Gasteiger charge is -2.03. The molecule has 0 aromatic heterocycles. The molecule has 1 aromatic rings. The highest BCUT2D eigenvalue weighted by Crippen LogP contribution is 2.25. The summed E-state index contributed by atoms with van der Waals surface area (Å²) in [5, 5.41) is 17.4. The van der Waals surface area contributed by atoms with Crippen molar-refractivity contribution in [1.82, 2.24) is 0 Å². The van der Waals surface area contributed by atoms with Gasteiger partial charge in [-0.15, -0.1) is 11.8 Å². The van der Waals surface area contributed by atoms with Crippen LogP contribution in [0.5, 0.6) is 0 Å². The first-order valence-corrected chi connectivity index (χ1v) is 5.74. The highest BCUT2D eigenvalue weighted by molar-refractivity contribution is 7.99. The van der Waals surface area contributed by atoms with Gasteiger partial charge in [0.05, 0.1) is 17.0 Å². The van der Waals surface area contributed by atoms with Crippen molar-refractivity contribution in [2.75, 3.05) is 5.75 Å². The van der Waals surface area contributed by atoms with Gasteiger partial charge in [-0.05, 0) is 18.2 Å². The van der Waals surface area contributed by atoms with E-state index >= 15 is 0 Å². The molecule has 0 saturated carbocycles. The Bertz CT molecular complexity index is 419. The third-order valence-electron chi connectivity index (χ3n) is 1.75. The predicted molar refractivity (Wildman–Crippen MR) is 61.4 cm³/mol. The normalized spacial score (nSPS) is 10.1. The third kappa shape index (κ3) is 3.75. The molecule has 0 heterocycles. The molecule has 0 aliphatic heterocycles. The summed E-state index contributed by atoms with van der Waals surface area (Å²) >= 11 is 6.98. The Kier molecular flexibility index (Phi) is 4.64. The lowest BCUT2D eigenvalue weighted by atomic mass is 10.2. The number of aromatic carboxylic acids is 1. The van der Waals surface area contributed by atoms with Crippen LogP contribution in [-0.2, 0) is 4.79 Å². The zero-order valence-corrected chi connectivity index (χ0v) is 9.72. The van der Waals surface area contributed by atoms with Crippen molar-refractivity contribution in [2.45, 2.75) is 11.3 Å². The van der Waals surface area contributed by atoms with Crippen LogP contribution in [0.3, 0.4) is 0 Å². The standard InChI is InChI=1S/C10H9ClO4S/c11-8-2-1-6(5-7(8)10(14)15)16-4-3-9(12)13/h1-2,5H,3-4H2,(H,12,13)(H,14,15). The van der Waals surface area contributed by atoms with Crippen LogP contribution in [0, 0.1) is 0 Å². The third-order valence-corrected chi connectivity index (χ3v) is 3.08. The number of carbonyl (C=O) groups is 2. The minimum Gasteiger partial charge on any atom is -0.481 e. The van der Waals surface area contributed by atoms with Gasteiger partial charge in [-0.1, -0.05) is 11.6 Å². The van der Waals surface area contributed by atoms with Crippen molar-refractivity contribution < 1.29 is 19.8 Å². The van der Waals surface area contributed by atoms with E-state index in [2.05, 4.69) is 0 Å². The van der Waals surface area contributed by atoms with Crippen LogP contribution in [0.2, 0.25) is 5.02 Å². The average molecular weight is 261 g/mol. The fraction of sp³-hybridized carbons (Fsp3) is 0.200. The van der Waals surface area contributed by atoms with E-state index in [1.807, 2.05) is 0 Å². The molecule has 0 aliphatic carbocycles. The number of aliphatic carboxylic acids is 1. The summed E-state index contributed by atoms with van der Waals surface area (Å²) < 4.78 is 0. The van der Waals surface area contributed by atoms with Gasteiger partial charge < -0.3 is 10.2 Å². The molecule has 1 aromatic carbocycles. The first-order valence-electron chi connectivity index (χ1n) is 4.38. The molecule has 4 nitrogen and oxygen atoms in total. The van der Waals surface area contributed by atoms with E-state index in [9.17, 15) is 9.59 Å². The van der Waals surface area contributed by atoms with Gasteiger partial charge in [-0.3, -0.25) is 4.79 Å². The van der Waals surface area contributed by atoms with Gasteiger partial charge >= 0.3 is 11.9 Å². The first kappa shape index (κ1) is 12.9. The second-order valence-electron chi connectivity index (χ2n) is 2.94. The van der Waals surface area contributed by atoms with Crippen LogP contribution >= 0.6 is 23.4 Å². The highest BCUT2D eigenvalue weighted by atomic mass is 35.5. The minimum absolute atomic E-state index is 0.0296. The largest absolute Gasteiger partial charge is 0.481 e. The number of hydrogen-bond donors (Lipinski definition) is 2. The van der Waals surface area contributed by atoms with E-state index < -0.39 is 11.9 Å². The van der Waals surface area contributed by atoms with Gasteiger partial charge in [-0.25, -0.2) is 4.79 Å². The van der Waals surface area contributed by atoms with Crippen LogP contribution in [0.25, 0.3) is 0 Å². The molecule has 0 amide bonds. The fourth-order valence-corrected chi connectivity index (χ4v) is 2.09. The molecule has 1 rings (SSSR count). The Morgan fingerprint density at radius 2 is 2.00 bits per heavy atom. The smallest absolute Gasteiger partial charge is 0.337 e. The maximum atomic E-state index is 10.8. The average Bonchev–Trinajstić information content (AvgIpc) is 2.19. The molecular formula is C10H9ClO4S. The Hall–Kier alpha value is -1.20. The summed E-state index contributed by atoms with van der Waals surface area (Å²) in [4.78, 5) is 21.8. The molecule has 0 unspecified atom stereocenters. The summed E-state index contributed by atoms with van der Waals surface area (Å²) in [5.74, 6) is -1.57. The molecule has 16 heavy (non-hydrogen) atoms. The monoisotopic (exact) mass is 260 g/mol. The van der Waals surface area contributed by atoms with Crippen molar-refractivity contribution in [2.24, 2.45) is 0 Å². The van der Waals surface area contributed by atoms with Gasteiger partial charge in [0.25, 0.3) is 0 Å². The molecule has 0 spiro atoms. The fourth-order valence-electron chi connectivity index (χ4n) is 1.01. The Balaban J connectivity index is 2.71. The molecule has 0 aliphatic rings. The van der Waals surface area contributed by atoms with E-state index in [0.717, 1.165) is 0 Å². The molecule has 0 saturated heterocycles. The summed E-state index contributed by atoms with van der Waals surface area (Å²) in [6, 6.07) is 4.60. The molecule has 0 bridgehead atoms. The van der Waals surface area contributed by atoms with Crippen LogP contribution < -0.4 is 0 Å². The number of halogens is 1. The lowest BCUT2D eigenvalue weighted by molar-refractivity contribution is -0.136. The molecule has 0 fully saturated rings. The lowest BCUT2D eigenvalue weighted by Crippen LogP contribution is -1.98. The first-order chi connectivity index (χ1) is 7.50. The second kappa shape index (κ2) is 5.77. The molecule has 0 atom stereocenters. The van der Waals surface area contributed by atoms with Crippen LogP contribution in [0.1, 0.15) is 16.8 Å². The van der Waals surface area contributed by atoms with Crippen LogP contribution in [0.4, 0.5) is 0 Å². The van der Waals surface area contributed by atoms with Crippen LogP contribution in [-0.4, -0.2) is 27.9 Å². The quantitative estimate of drug-likeness (QED) is 0.796. The summed E-state index contributed by atoms with van der Waals surface area (Å²) in [5.41, 5.74) is 0.0296. The van der Waals surface area contributed by atoms with Crippen LogP contribution in [0.15, 0.2) is 23.1 Å². The number of carboxylic acid groups (broad SMARTS) is 2. The second-order valence-corrected chi connectivity index (χ2v) is 4.51. The van der Waals surface area contributed by atoms with E-state index in [1.54, 1.807) is 6.07 Å². The van der Waals surface area contributed by atoms with E-state index in [-0.39, 0.29) is 17.0 Å². The Morgan fingerprint density at radius 3 is 2.56 bits per heavy atom. The molecule has 6 heteroatoms. The minimum atomic E-state index is -1.09. The van der Waals surface area contributed by atoms with Gasteiger partial charge in [0.1, 0.15) is 0 Å². The molecule has 2 N–H and O–H groups in total. The molecule has 0 radical (unpaired) electrons. The summed E-state index contributed by atoms with van der Waals surface area (Å²) in [7, 11) is 0. The number of rotatable bonds is 5. The number of thioether (sulfide) groups is 1. The van der Waals surface area contributed by atoms with E-state index in [4.69, 9.17) is 21.8 Å². The van der Waals surface area contributed by atoms with Crippen molar-refractivity contribution >= 4 is 35.3 Å². The van der Waals surface area contributed by atoms with Crippen molar-refractivity contribution in [3.05, 3.63) is 28.8 Å². The zero-order chi connectivity index (χ0) is 12.1. The van der Waals surface area contributed by atoms with E-state index in [1.165, 1.54) is 23.9 Å². The van der Waals surface area contributed by atoms with Crippen molar-refractivity contribution in [3.8, 4) is 0 Å². The summed E-state index contributed by atoms with van der Waals surface area (Å²) in [6.45, 7) is 0. The maximum absolute atomic E-state index is 10.8. The van der Waals surface area contributed by atoms with E-state index in [0.29, 0.717) is 10.6 Å². The Morgan fingerprint density at radius 1 is 1.31 bits per heavy atom. The van der Waals surface area contributed by atoms with Gasteiger partial charge in [-0.2, -0.15) is 0 Å². The number of hydrogen-bond acceptors (Lipinski definition) is 3. The van der Waals surface area contributed by atoms with Crippen molar-refractivity contribution in [3.63, 3.8) is 0 Å². The highest BCUT2D eigenvalue weighted by Gasteiger charge is 2.09.